The van der Waals surface area contributed by atoms with Gasteiger partial charge in [0.25, 0.3) is 11.5 Å². The fourth-order valence-corrected chi connectivity index (χ4v) is 1.99. The molecule has 1 aromatic heterocycles. The smallest absolute Gasteiger partial charge is 0.264 e. The van der Waals surface area contributed by atoms with Crippen LogP contribution in [0.3, 0.4) is 0 Å². The van der Waals surface area contributed by atoms with Crippen LogP contribution in [0.5, 0.6) is 0 Å². The highest BCUT2D eigenvalue weighted by Gasteiger charge is 2.12. The second-order valence-corrected chi connectivity index (χ2v) is 5.37. The molecule has 122 valence electrons. The molecule has 0 unspecified atom stereocenters. The van der Waals surface area contributed by atoms with E-state index < -0.39 is 11.5 Å². The molecule has 0 spiro atoms. The van der Waals surface area contributed by atoms with Crippen LogP contribution in [0.4, 0.5) is 0 Å². The van der Waals surface area contributed by atoms with E-state index in [1.54, 1.807) is 0 Å². The van der Waals surface area contributed by atoms with Crippen molar-refractivity contribution in [3.63, 3.8) is 0 Å². The summed E-state index contributed by atoms with van der Waals surface area (Å²) < 4.78 is 5.39. The first-order chi connectivity index (χ1) is 11.1. The number of aromatic nitrogens is 2. The van der Waals surface area contributed by atoms with Crippen LogP contribution in [-0.2, 0) is 4.74 Å². The Morgan fingerprint density at radius 3 is 2.70 bits per heavy atom. The van der Waals surface area contributed by atoms with Gasteiger partial charge in [-0.05, 0) is 20.3 Å². The van der Waals surface area contributed by atoms with Gasteiger partial charge in [-0.25, -0.2) is 4.98 Å². The van der Waals surface area contributed by atoms with E-state index in [0.29, 0.717) is 25.4 Å². The number of rotatable bonds is 7. The molecule has 0 radical (unpaired) electrons. The molecule has 0 aliphatic rings. The number of hydrogen-bond acceptors (Lipinski definition) is 4. The molecule has 1 aromatic carbocycles. The molecule has 2 rings (SSSR count). The lowest BCUT2D eigenvalue weighted by atomic mass is 10.2. The molecule has 2 aromatic rings. The number of nitrogens with one attached hydrogen (secondary N) is 2. The Morgan fingerprint density at radius 1 is 1.30 bits per heavy atom. The lowest BCUT2D eigenvalue weighted by molar-refractivity contribution is 0.0757. The third-order valence-corrected chi connectivity index (χ3v) is 3.15. The number of carbonyl (C=O) groups is 1. The summed E-state index contributed by atoms with van der Waals surface area (Å²) >= 11 is 0. The van der Waals surface area contributed by atoms with Crippen molar-refractivity contribution in [3.8, 4) is 11.4 Å². The zero-order valence-electron chi connectivity index (χ0n) is 13.3. The number of H-pyrrole nitrogens is 1. The fraction of sp³-hybridized carbons (Fsp3) is 0.353. The van der Waals surface area contributed by atoms with Crippen molar-refractivity contribution < 1.29 is 9.53 Å². The van der Waals surface area contributed by atoms with Crippen LogP contribution in [0, 0.1) is 0 Å². The minimum atomic E-state index is -0.449. The molecule has 0 aliphatic carbocycles. The fourth-order valence-electron chi connectivity index (χ4n) is 1.99. The van der Waals surface area contributed by atoms with Gasteiger partial charge in [-0.1, -0.05) is 30.3 Å². The Bertz CT molecular complexity index is 696. The number of carbonyl (C=O) groups excluding carboxylic acids is 1. The van der Waals surface area contributed by atoms with Crippen LogP contribution >= 0.6 is 0 Å². The molecule has 0 aliphatic heterocycles. The monoisotopic (exact) mass is 315 g/mol. The minimum Gasteiger partial charge on any atom is -0.379 e. The molecule has 0 bridgehead atoms. The second-order valence-electron chi connectivity index (χ2n) is 5.37. The second kappa shape index (κ2) is 8.24. The number of ether oxygens (including phenoxy) is 1. The largest absolute Gasteiger partial charge is 0.379 e. The van der Waals surface area contributed by atoms with E-state index in [1.165, 1.54) is 6.20 Å². The summed E-state index contributed by atoms with van der Waals surface area (Å²) in [6.07, 6.45) is 2.17. The summed E-state index contributed by atoms with van der Waals surface area (Å²) in [5, 5.41) is 2.69. The van der Waals surface area contributed by atoms with Gasteiger partial charge in [0, 0.05) is 24.9 Å². The lowest BCUT2D eigenvalue weighted by Gasteiger charge is -2.08. The third-order valence-electron chi connectivity index (χ3n) is 3.15. The molecule has 2 N–H and O–H groups in total. The van der Waals surface area contributed by atoms with Gasteiger partial charge in [0.05, 0.1) is 6.10 Å². The molecule has 6 heteroatoms. The van der Waals surface area contributed by atoms with Crippen molar-refractivity contribution in [2.45, 2.75) is 26.4 Å². The van der Waals surface area contributed by atoms with Crippen molar-refractivity contribution in [2.24, 2.45) is 0 Å². The highest BCUT2D eigenvalue weighted by atomic mass is 16.5. The maximum Gasteiger partial charge on any atom is 0.264 e. The van der Waals surface area contributed by atoms with E-state index in [-0.39, 0.29) is 11.7 Å². The Kier molecular flexibility index (Phi) is 6.05. The topological polar surface area (TPSA) is 84.1 Å². The maximum atomic E-state index is 12.1. The van der Waals surface area contributed by atoms with E-state index in [1.807, 2.05) is 44.2 Å². The summed E-state index contributed by atoms with van der Waals surface area (Å²) in [7, 11) is 0. The minimum absolute atomic E-state index is 0.00876. The first-order valence-corrected chi connectivity index (χ1v) is 7.62. The van der Waals surface area contributed by atoms with Crippen LogP contribution in [0.1, 0.15) is 30.6 Å². The van der Waals surface area contributed by atoms with E-state index in [9.17, 15) is 9.59 Å². The van der Waals surface area contributed by atoms with Crippen LogP contribution in [0.15, 0.2) is 41.3 Å². The Balaban J connectivity index is 1.95. The highest BCUT2D eigenvalue weighted by molar-refractivity contribution is 5.93. The quantitative estimate of drug-likeness (QED) is 0.765. The highest BCUT2D eigenvalue weighted by Crippen LogP contribution is 2.11. The van der Waals surface area contributed by atoms with E-state index >= 15 is 0 Å². The predicted octanol–water partition coefficient (Wildman–Crippen LogP) is 1.98. The molecular formula is C17H21N3O3. The van der Waals surface area contributed by atoms with E-state index in [0.717, 1.165) is 5.56 Å². The van der Waals surface area contributed by atoms with Gasteiger partial charge in [0.1, 0.15) is 11.4 Å². The number of aromatic amines is 1. The van der Waals surface area contributed by atoms with Crippen LogP contribution < -0.4 is 10.9 Å². The Morgan fingerprint density at radius 2 is 2.04 bits per heavy atom. The molecule has 0 saturated heterocycles. The standard InChI is InChI=1S/C17H21N3O3/c1-12(2)23-10-6-9-18-16(21)14-11-19-15(20-17(14)22)13-7-4-3-5-8-13/h3-5,7-8,11-12H,6,9-10H2,1-2H3,(H,18,21)(H,19,20,22). The summed E-state index contributed by atoms with van der Waals surface area (Å²) in [6, 6.07) is 9.27. The zero-order chi connectivity index (χ0) is 16.7. The number of hydrogen-bond donors (Lipinski definition) is 2. The molecule has 1 heterocycles. The first kappa shape index (κ1) is 16.9. The van der Waals surface area contributed by atoms with Gasteiger partial charge < -0.3 is 15.0 Å². The van der Waals surface area contributed by atoms with Crippen molar-refractivity contribution in [2.75, 3.05) is 13.2 Å². The lowest BCUT2D eigenvalue weighted by Crippen LogP contribution is -2.31. The van der Waals surface area contributed by atoms with Gasteiger partial charge in [-0.15, -0.1) is 0 Å². The number of benzene rings is 1. The molecule has 0 atom stereocenters. The Labute approximate surface area is 134 Å². The number of amides is 1. The maximum absolute atomic E-state index is 12.1. The van der Waals surface area contributed by atoms with Crippen LogP contribution in [0.25, 0.3) is 11.4 Å². The molecule has 0 saturated carbocycles. The van der Waals surface area contributed by atoms with E-state index in [2.05, 4.69) is 15.3 Å². The first-order valence-electron chi connectivity index (χ1n) is 7.62. The summed E-state index contributed by atoms with van der Waals surface area (Å²) in [4.78, 5) is 30.8. The summed E-state index contributed by atoms with van der Waals surface area (Å²) in [6.45, 7) is 4.93. The SMILES string of the molecule is CC(C)OCCCNC(=O)c1cnc(-c2ccccc2)[nH]c1=O. The van der Waals surface area contributed by atoms with Gasteiger partial charge >= 0.3 is 0 Å². The summed E-state index contributed by atoms with van der Waals surface area (Å²) in [5.74, 6) is 0.0143. The van der Waals surface area contributed by atoms with Crippen molar-refractivity contribution >= 4 is 5.91 Å². The average molecular weight is 315 g/mol. The van der Waals surface area contributed by atoms with E-state index in [4.69, 9.17) is 4.74 Å². The number of nitrogens with zero attached hydrogens (tertiary/aromatic N) is 1. The van der Waals surface area contributed by atoms with Crippen molar-refractivity contribution in [1.29, 1.82) is 0 Å². The molecule has 1 amide bonds. The molecule has 6 nitrogen and oxygen atoms in total. The normalized spacial score (nSPS) is 10.7. The Hall–Kier alpha value is -2.47. The van der Waals surface area contributed by atoms with Gasteiger partial charge in [-0.3, -0.25) is 9.59 Å². The van der Waals surface area contributed by atoms with Gasteiger partial charge in [0.15, 0.2) is 0 Å². The molecule has 23 heavy (non-hydrogen) atoms. The molecular weight excluding hydrogens is 294 g/mol. The third kappa shape index (κ3) is 5.03. The van der Waals surface area contributed by atoms with Crippen molar-refractivity contribution in [3.05, 3.63) is 52.4 Å². The zero-order valence-corrected chi connectivity index (χ0v) is 13.3. The predicted molar refractivity (Wildman–Crippen MR) is 88.3 cm³/mol. The van der Waals surface area contributed by atoms with Gasteiger partial charge in [0.2, 0.25) is 0 Å². The average Bonchev–Trinajstić information content (AvgIpc) is 2.54. The van der Waals surface area contributed by atoms with Gasteiger partial charge in [-0.2, -0.15) is 0 Å². The summed E-state index contributed by atoms with van der Waals surface area (Å²) in [5.41, 5.74) is 0.353. The molecule has 0 fully saturated rings. The van der Waals surface area contributed by atoms with Crippen LogP contribution in [0.2, 0.25) is 0 Å². The van der Waals surface area contributed by atoms with Crippen molar-refractivity contribution in [1.82, 2.24) is 15.3 Å². The van der Waals surface area contributed by atoms with Crippen LogP contribution in [-0.4, -0.2) is 35.1 Å².